The topological polar surface area (TPSA) is 7.68 Å². The molecule has 1 unspecified atom stereocenters. The predicted molar refractivity (Wildman–Crippen MR) is 143 cm³/mol. The highest BCUT2D eigenvalue weighted by molar-refractivity contribution is 5.77. The number of anilines is 3. The second-order valence-corrected chi connectivity index (χ2v) is 8.66. The zero-order valence-corrected chi connectivity index (χ0v) is 19.6. The Labute approximate surface area is 202 Å². The van der Waals surface area contributed by atoms with Crippen molar-refractivity contribution in [2.45, 2.75) is 13.8 Å². The fourth-order valence-corrected chi connectivity index (χ4v) is 4.32. The van der Waals surface area contributed by atoms with Gasteiger partial charge in [-0.1, -0.05) is 71.8 Å². The summed E-state index contributed by atoms with van der Waals surface area (Å²) in [5.41, 5.74) is 9.60. The normalized spacial score (nSPS) is 11.7. The summed E-state index contributed by atoms with van der Waals surface area (Å²) in [6.45, 7) is 4.25. The van der Waals surface area contributed by atoms with Crippen molar-refractivity contribution < 1.29 is 4.90 Å². The number of aryl methyl sites for hydroxylation is 2. The van der Waals surface area contributed by atoms with Crippen LogP contribution in [0, 0.1) is 13.8 Å². The molecule has 0 amide bonds. The van der Waals surface area contributed by atoms with E-state index in [1.807, 2.05) is 0 Å². The van der Waals surface area contributed by atoms with Crippen LogP contribution in [0.15, 0.2) is 133 Å². The van der Waals surface area contributed by atoms with Gasteiger partial charge in [-0.05, 0) is 62.4 Å². The Morgan fingerprint density at radius 3 is 1.26 bits per heavy atom. The fraction of sp³-hybridized carbons (Fsp3) is 0.0625. The molecule has 0 spiro atoms. The number of hydrogen-bond acceptors (Lipinski definition) is 1. The molecular weight excluding hydrogens is 412 g/mol. The first-order chi connectivity index (χ1) is 16.7. The van der Waals surface area contributed by atoms with E-state index in [9.17, 15) is 0 Å². The molecule has 0 aromatic heterocycles. The lowest BCUT2D eigenvalue weighted by Gasteiger charge is -2.26. The fourth-order valence-electron chi connectivity index (χ4n) is 4.32. The minimum atomic E-state index is 1.13. The van der Waals surface area contributed by atoms with Crippen molar-refractivity contribution in [3.63, 3.8) is 0 Å². The molecule has 2 heteroatoms. The Bertz CT molecular complexity index is 1220. The highest BCUT2D eigenvalue weighted by Gasteiger charge is 2.20. The summed E-state index contributed by atoms with van der Waals surface area (Å²) in [5, 5.41) is 0. The predicted octanol–water partition coefficient (Wildman–Crippen LogP) is 7.95. The maximum atomic E-state index is 2.30. The van der Waals surface area contributed by atoms with E-state index >= 15 is 0 Å². The van der Waals surface area contributed by atoms with Gasteiger partial charge in [0, 0.05) is 41.3 Å². The van der Waals surface area contributed by atoms with Crippen LogP contribution in [-0.4, -0.2) is 0 Å². The van der Waals surface area contributed by atoms with Gasteiger partial charge in [-0.25, -0.2) is 4.90 Å². The monoisotopic (exact) mass is 441 g/mol. The molecule has 1 N–H and O–H groups in total. The minimum absolute atomic E-state index is 1.13. The van der Waals surface area contributed by atoms with E-state index < -0.39 is 0 Å². The van der Waals surface area contributed by atoms with Crippen molar-refractivity contribution in [3.8, 4) is 0 Å². The van der Waals surface area contributed by atoms with Gasteiger partial charge in [0.05, 0.1) is 0 Å². The van der Waals surface area contributed by atoms with Crippen LogP contribution in [0.1, 0.15) is 11.1 Å². The molecule has 5 aromatic carbocycles. The summed E-state index contributed by atoms with van der Waals surface area (Å²) in [6.07, 6.45) is 0. The number of nitrogens with zero attached hydrogens (tertiary/aromatic N) is 1. The lowest BCUT2D eigenvalue weighted by atomic mass is 10.1. The SMILES string of the molecule is Cc1ccc(N(c2ccccc2)c2ccc([NH+](c3ccccc3)c3ccc(C)cc3)cc2)cc1. The van der Waals surface area contributed by atoms with Crippen LogP contribution in [0.3, 0.4) is 0 Å². The van der Waals surface area contributed by atoms with E-state index in [4.69, 9.17) is 0 Å². The molecule has 0 aliphatic rings. The molecule has 34 heavy (non-hydrogen) atoms. The number of nitrogens with one attached hydrogen (secondary N) is 1. The molecule has 0 radical (unpaired) electrons. The lowest BCUT2D eigenvalue weighted by molar-refractivity contribution is -0.681. The molecular formula is C32H29N2+. The molecule has 5 aromatic rings. The molecule has 0 heterocycles. The first kappa shape index (κ1) is 21.7. The number of benzene rings is 5. The second kappa shape index (κ2) is 9.78. The first-order valence-electron chi connectivity index (χ1n) is 11.7. The van der Waals surface area contributed by atoms with Gasteiger partial charge in [0.25, 0.3) is 0 Å². The Kier molecular flexibility index (Phi) is 6.24. The molecule has 0 aliphatic heterocycles. The summed E-state index contributed by atoms with van der Waals surface area (Å²) in [5.74, 6) is 0. The average Bonchev–Trinajstić information content (AvgIpc) is 2.89. The summed E-state index contributed by atoms with van der Waals surface area (Å²) >= 11 is 0. The Hall–Kier alpha value is -4.14. The quantitative estimate of drug-likeness (QED) is 0.281. The smallest absolute Gasteiger partial charge is 0.141 e. The van der Waals surface area contributed by atoms with Crippen molar-refractivity contribution in [2.75, 3.05) is 4.90 Å². The van der Waals surface area contributed by atoms with Crippen LogP contribution in [-0.2, 0) is 0 Å². The molecule has 2 nitrogen and oxygen atoms in total. The van der Waals surface area contributed by atoms with Crippen LogP contribution in [0.25, 0.3) is 0 Å². The lowest BCUT2D eigenvalue weighted by Crippen LogP contribution is -2.96. The summed E-state index contributed by atoms with van der Waals surface area (Å²) in [7, 11) is 0. The van der Waals surface area contributed by atoms with Crippen molar-refractivity contribution in [1.29, 1.82) is 0 Å². The van der Waals surface area contributed by atoms with Crippen LogP contribution < -0.4 is 9.80 Å². The molecule has 0 fully saturated rings. The third-order valence-electron chi connectivity index (χ3n) is 6.12. The maximum Gasteiger partial charge on any atom is 0.141 e. The van der Waals surface area contributed by atoms with Crippen molar-refractivity contribution in [1.82, 2.24) is 0 Å². The van der Waals surface area contributed by atoms with Crippen LogP contribution in [0.2, 0.25) is 0 Å². The Morgan fingerprint density at radius 2 is 0.735 bits per heavy atom. The highest BCUT2D eigenvalue weighted by atomic mass is 15.2. The number of quaternary nitrogens is 1. The average molecular weight is 442 g/mol. The van der Waals surface area contributed by atoms with Gasteiger partial charge in [-0.3, -0.25) is 0 Å². The Balaban J connectivity index is 1.57. The van der Waals surface area contributed by atoms with Gasteiger partial charge in [-0.2, -0.15) is 0 Å². The van der Waals surface area contributed by atoms with E-state index in [2.05, 4.69) is 152 Å². The summed E-state index contributed by atoms with van der Waals surface area (Å²) in [6, 6.07) is 47.6. The first-order valence-corrected chi connectivity index (χ1v) is 11.7. The van der Waals surface area contributed by atoms with Crippen LogP contribution in [0.4, 0.5) is 34.1 Å². The van der Waals surface area contributed by atoms with Crippen molar-refractivity contribution in [3.05, 3.63) is 145 Å². The zero-order chi connectivity index (χ0) is 23.3. The highest BCUT2D eigenvalue weighted by Crippen LogP contribution is 2.34. The van der Waals surface area contributed by atoms with E-state index in [1.165, 1.54) is 33.1 Å². The number of hydrogen-bond donors (Lipinski definition) is 1. The summed E-state index contributed by atoms with van der Waals surface area (Å²) in [4.78, 5) is 3.55. The van der Waals surface area contributed by atoms with E-state index in [1.54, 1.807) is 0 Å². The van der Waals surface area contributed by atoms with Crippen molar-refractivity contribution in [2.24, 2.45) is 0 Å². The zero-order valence-electron chi connectivity index (χ0n) is 19.6. The molecule has 0 saturated carbocycles. The molecule has 0 saturated heterocycles. The van der Waals surface area contributed by atoms with Gasteiger partial charge in [-0.15, -0.1) is 0 Å². The van der Waals surface area contributed by atoms with Gasteiger partial charge in [0.15, 0.2) is 0 Å². The largest absolute Gasteiger partial charge is 0.310 e. The van der Waals surface area contributed by atoms with Gasteiger partial charge in [0.1, 0.15) is 17.1 Å². The Morgan fingerprint density at radius 1 is 0.382 bits per heavy atom. The molecule has 0 aliphatic carbocycles. The molecule has 0 bridgehead atoms. The number of rotatable bonds is 6. The maximum absolute atomic E-state index is 2.30. The van der Waals surface area contributed by atoms with E-state index in [-0.39, 0.29) is 0 Å². The van der Waals surface area contributed by atoms with Crippen LogP contribution >= 0.6 is 0 Å². The summed E-state index contributed by atoms with van der Waals surface area (Å²) < 4.78 is 0. The van der Waals surface area contributed by atoms with Crippen LogP contribution in [0.5, 0.6) is 0 Å². The van der Waals surface area contributed by atoms with Gasteiger partial charge >= 0.3 is 0 Å². The molecule has 5 rings (SSSR count). The third kappa shape index (κ3) is 4.63. The van der Waals surface area contributed by atoms with Crippen molar-refractivity contribution >= 4 is 34.1 Å². The molecule has 166 valence electrons. The molecule has 1 atom stereocenters. The van der Waals surface area contributed by atoms with E-state index in [0.29, 0.717) is 0 Å². The van der Waals surface area contributed by atoms with Gasteiger partial charge in [0.2, 0.25) is 0 Å². The third-order valence-corrected chi connectivity index (χ3v) is 6.12. The van der Waals surface area contributed by atoms with E-state index in [0.717, 1.165) is 17.1 Å². The minimum Gasteiger partial charge on any atom is -0.310 e. The number of para-hydroxylation sites is 2. The standard InChI is InChI=1S/C32H28N2/c1-25-13-17-29(18-14-25)33(27-9-5-3-6-10-27)31-21-23-32(24-22-31)34(28-11-7-4-8-12-28)30-19-15-26(2)16-20-30/h3-24H,1-2H3/p+1. The van der Waals surface area contributed by atoms with Gasteiger partial charge < -0.3 is 4.90 Å². The second-order valence-electron chi connectivity index (χ2n) is 8.66.